The van der Waals surface area contributed by atoms with E-state index in [0.29, 0.717) is 0 Å². The predicted octanol–water partition coefficient (Wildman–Crippen LogP) is -2.17. The smallest absolute Gasteiger partial charge is 0.308 e. The Morgan fingerprint density at radius 2 is 1.29 bits per heavy atom. The maximum atomic E-state index is 13.8. The van der Waals surface area contributed by atoms with Gasteiger partial charge in [0.25, 0.3) is 0 Å². The maximum Gasteiger partial charge on any atom is 0.308 e. The molecule has 16 heteroatoms. The van der Waals surface area contributed by atoms with Gasteiger partial charge in [0.1, 0.15) is 83.7 Å². The summed E-state index contributed by atoms with van der Waals surface area (Å²) in [5.74, 6) is -2.99. The number of ether oxygens (including phenoxy) is 3. The van der Waals surface area contributed by atoms with E-state index >= 15 is 0 Å². The molecule has 0 spiro atoms. The van der Waals surface area contributed by atoms with E-state index in [1.54, 1.807) is 0 Å². The van der Waals surface area contributed by atoms with E-state index in [0.717, 1.165) is 13.0 Å². The summed E-state index contributed by atoms with van der Waals surface area (Å²) in [6.07, 6.45) is -18.5. The number of esters is 1. The number of aliphatic hydroxyl groups is 8. The standard InChI is InChI=1S/C29H32O16/c1-9(32)42-26-16-12(34)6-13(10-2-4-11(33)5-3-10)43-27(16)18(29-25(41)23(39)20(36)15(8-31)45-29)21(37)17(26)28-24(40)22(38)19(35)14(7-30)44-28/h2-6,14-15,19-20,22-25,28-31,33,35-41H,7-8H2,1H3/t14-,15+,19+,20-,22+,23-,24-,25+,28+,29-/m1/s1. The van der Waals surface area contributed by atoms with Gasteiger partial charge in [-0.05, 0) is 24.3 Å². The molecule has 244 valence electrons. The number of aromatic hydroxyl groups is 2. The summed E-state index contributed by atoms with van der Waals surface area (Å²) in [6.45, 7) is -0.789. The van der Waals surface area contributed by atoms with E-state index < -0.39 is 119 Å². The molecule has 1 aromatic heterocycles. The third-order valence-corrected chi connectivity index (χ3v) is 7.93. The molecule has 5 rings (SSSR count). The molecule has 2 aliphatic heterocycles. The average Bonchev–Trinajstić information content (AvgIpc) is 3.00. The number of fused-ring (bicyclic) bond motifs is 1. The van der Waals surface area contributed by atoms with Crippen molar-refractivity contribution in [3.05, 3.63) is 51.7 Å². The molecule has 10 atom stereocenters. The number of aliphatic hydroxyl groups excluding tert-OH is 8. The Kier molecular flexibility index (Phi) is 9.16. The fourth-order valence-electron chi connectivity index (χ4n) is 5.62. The molecule has 3 heterocycles. The minimum Gasteiger partial charge on any atom is -0.508 e. The highest BCUT2D eigenvalue weighted by Crippen LogP contribution is 2.51. The molecular formula is C29H32O16. The van der Waals surface area contributed by atoms with Crippen LogP contribution < -0.4 is 10.2 Å². The first-order valence-corrected chi connectivity index (χ1v) is 13.8. The number of phenols is 2. The molecule has 10 N–H and O–H groups in total. The molecule has 0 amide bonds. The summed E-state index contributed by atoms with van der Waals surface area (Å²) < 4.78 is 22.6. The second-order valence-electron chi connectivity index (χ2n) is 10.8. The van der Waals surface area contributed by atoms with Crippen LogP contribution in [0.4, 0.5) is 0 Å². The number of hydrogen-bond donors (Lipinski definition) is 10. The molecule has 45 heavy (non-hydrogen) atoms. The monoisotopic (exact) mass is 636 g/mol. The lowest BCUT2D eigenvalue weighted by atomic mass is 9.85. The molecule has 0 bridgehead atoms. The summed E-state index contributed by atoms with van der Waals surface area (Å²) in [5.41, 5.74) is -2.46. The maximum absolute atomic E-state index is 13.8. The van der Waals surface area contributed by atoms with Gasteiger partial charge in [0.05, 0.1) is 24.3 Å². The summed E-state index contributed by atoms with van der Waals surface area (Å²) in [7, 11) is 0. The number of phenolic OH excluding ortho intramolecular Hbond substituents is 2. The van der Waals surface area contributed by atoms with Crippen LogP contribution in [0, 0.1) is 0 Å². The molecule has 3 aromatic rings. The van der Waals surface area contributed by atoms with Gasteiger partial charge in [0, 0.05) is 18.6 Å². The molecule has 0 unspecified atom stereocenters. The van der Waals surface area contributed by atoms with E-state index in [4.69, 9.17) is 18.6 Å². The van der Waals surface area contributed by atoms with Crippen molar-refractivity contribution >= 4 is 16.9 Å². The van der Waals surface area contributed by atoms with Gasteiger partial charge in [-0.3, -0.25) is 9.59 Å². The lowest BCUT2D eigenvalue weighted by molar-refractivity contribution is -0.234. The summed E-state index contributed by atoms with van der Waals surface area (Å²) in [5, 5.41) is 104. The van der Waals surface area contributed by atoms with E-state index in [2.05, 4.69) is 0 Å². The fraction of sp³-hybridized carbons (Fsp3) is 0.448. The Morgan fingerprint density at radius 1 is 0.778 bits per heavy atom. The van der Waals surface area contributed by atoms with Crippen molar-refractivity contribution in [1.82, 2.24) is 0 Å². The average molecular weight is 637 g/mol. The minimum atomic E-state index is -2.06. The molecule has 0 radical (unpaired) electrons. The molecule has 2 saturated heterocycles. The van der Waals surface area contributed by atoms with Gasteiger partial charge in [-0.2, -0.15) is 0 Å². The van der Waals surface area contributed by atoms with Crippen LogP contribution in [0.3, 0.4) is 0 Å². The molecule has 2 aliphatic rings. The van der Waals surface area contributed by atoms with Crippen LogP contribution in [0.5, 0.6) is 17.2 Å². The Bertz CT molecular complexity index is 1620. The van der Waals surface area contributed by atoms with E-state index in [-0.39, 0.29) is 17.1 Å². The normalized spacial score (nSPS) is 32.0. The highest BCUT2D eigenvalue weighted by molar-refractivity contribution is 5.94. The van der Waals surface area contributed by atoms with Crippen molar-refractivity contribution in [2.45, 2.75) is 68.0 Å². The zero-order chi connectivity index (χ0) is 32.9. The fourth-order valence-corrected chi connectivity index (χ4v) is 5.62. The van der Waals surface area contributed by atoms with Gasteiger partial charge in [0.2, 0.25) is 0 Å². The number of hydrogen-bond acceptors (Lipinski definition) is 16. The van der Waals surface area contributed by atoms with Crippen molar-refractivity contribution in [2.24, 2.45) is 0 Å². The number of benzene rings is 2. The van der Waals surface area contributed by atoms with Gasteiger partial charge in [-0.15, -0.1) is 0 Å². The zero-order valence-corrected chi connectivity index (χ0v) is 23.5. The third-order valence-electron chi connectivity index (χ3n) is 7.93. The first-order valence-electron chi connectivity index (χ1n) is 13.8. The van der Waals surface area contributed by atoms with Crippen molar-refractivity contribution in [3.63, 3.8) is 0 Å². The van der Waals surface area contributed by atoms with Gasteiger partial charge < -0.3 is 69.7 Å². The van der Waals surface area contributed by atoms with E-state index in [9.17, 15) is 60.7 Å². The van der Waals surface area contributed by atoms with Crippen molar-refractivity contribution < 1.29 is 74.5 Å². The lowest BCUT2D eigenvalue weighted by Gasteiger charge is -2.42. The zero-order valence-electron chi connectivity index (χ0n) is 23.5. The lowest BCUT2D eigenvalue weighted by Crippen LogP contribution is -2.55. The predicted molar refractivity (Wildman–Crippen MR) is 148 cm³/mol. The molecule has 2 aromatic carbocycles. The van der Waals surface area contributed by atoms with Crippen molar-refractivity contribution in [2.75, 3.05) is 13.2 Å². The number of carbonyl (C=O) groups is 1. The van der Waals surface area contributed by atoms with Crippen molar-refractivity contribution in [3.8, 4) is 28.6 Å². The second-order valence-corrected chi connectivity index (χ2v) is 10.8. The molecule has 0 aliphatic carbocycles. The van der Waals surface area contributed by atoms with Crippen LogP contribution in [-0.4, -0.2) is 119 Å². The summed E-state index contributed by atoms with van der Waals surface area (Å²) in [6, 6.07) is 6.35. The summed E-state index contributed by atoms with van der Waals surface area (Å²) >= 11 is 0. The van der Waals surface area contributed by atoms with Crippen LogP contribution >= 0.6 is 0 Å². The quantitative estimate of drug-likeness (QED) is 0.102. The van der Waals surface area contributed by atoms with Gasteiger partial charge in [0.15, 0.2) is 16.8 Å². The highest BCUT2D eigenvalue weighted by Gasteiger charge is 2.50. The van der Waals surface area contributed by atoms with Gasteiger partial charge in [-0.25, -0.2) is 0 Å². The second kappa shape index (κ2) is 12.6. The Hall–Kier alpha value is -3.68. The number of carbonyl (C=O) groups excluding carboxylic acids is 1. The first kappa shape index (κ1) is 32.7. The Labute approximate surface area is 253 Å². The molecular weight excluding hydrogens is 604 g/mol. The van der Waals surface area contributed by atoms with Crippen LogP contribution in [0.25, 0.3) is 22.3 Å². The minimum absolute atomic E-state index is 0.108. The highest BCUT2D eigenvalue weighted by atomic mass is 16.6. The van der Waals surface area contributed by atoms with Crippen molar-refractivity contribution in [1.29, 1.82) is 0 Å². The number of rotatable bonds is 6. The van der Waals surface area contributed by atoms with Gasteiger partial charge in [-0.1, -0.05) is 0 Å². The Morgan fingerprint density at radius 3 is 1.78 bits per heavy atom. The van der Waals surface area contributed by atoms with Crippen LogP contribution in [-0.2, 0) is 14.3 Å². The third kappa shape index (κ3) is 5.66. The molecule has 0 saturated carbocycles. The first-order chi connectivity index (χ1) is 21.3. The molecule has 2 fully saturated rings. The largest absolute Gasteiger partial charge is 0.508 e. The van der Waals surface area contributed by atoms with E-state index in [1.807, 2.05) is 0 Å². The van der Waals surface area contributed by atoms with Crippen LogP contribution in [0.1, 0.15) is 30.3 Å². The summed E-state index contributed by atoms with van der Waals surface area (Å²) in [4.78, 5) is 26.1. The van der Waals surface area contributed by atoms with Gasteiger partial charge >= 0.3 is 5.97 Å². The Balaban J connectivity index is 1.89. The van der Waals surface area contributed by atoms with Crippen LogP contribution in [0.15, 0.2) is 39.5 Å². The van der Waals surface area contributed by atoms with Crippen LogP contribution in [0.2, 0.25) is 0 Å². The molecule has 16 nitrogen and oxygen atoms in total. The SMILES string of the molecule is CC(=O)Oc1c([C@@H]2O[C@H](CO)[C@H](O)[C@H](O)[C@H]2O)c(O)c([C@H]2O[C@@H](CO)[C@@H](O)[C@@H](O)[C@@H]2O)c2oc(-c3ccc(O)cc3)cc(=O)c12. The van der Waals surface area contributed by atoms with E-state index in [1.165, 1.54) is 24.3 Å². The topological polar surface area (TPSA) is 277 Å².